The van der Waals surface area contributed by atoms with Crippen molar-refractivity contribution in [3.8, 4) is 0 Å². The molecule has 0 saturated carbocycles. The lowest BCUT2D eigenvalue weighted by molar-refractivity contribution is 0.271. The lowest BCUT2D eigenvalue weighted by Gasteiger charge is -2.09. The smallest absolute Gasteiger partial charge is 0.0833 e. The van der Waals surface area contributed by atoms with Gasteiger partial charge in [0.1, 0.15) is 0 Å². The third kappa shape index (κ3) is 3.49. The predicted octanol–water partition coefficient (Wildman–Crippen LogP) is 2.85. The number of nitrogens with zero attached hydrogens (tertiary/aromatic N) is 1. The van der Waals surface area contributed by atoms with Crippen LogP contribution >= 0.6 is 11.6 Å². The standard InChI is InChI=1S/C13H17ClN2O2S/c1-19(15,18)6-2-5-16-12(9-17)8-10-7-11(14)3-4-13(10)16/h3-4,7-8,15,17H,2,5-6,9H2,1H3. The summed E-state index contributed by atoms with van der Waals surface area (Å²) in [6.45, 7) is 0.597. The molecule has 1 heterocycles. The second-order valence-electron chi connectivity index (χ2n) is 4.71. The Hall–Kier alpha value is -1.04. The highest BCUT2D eigenvalue weighted by molar-refractivity contribution is 7.91. The van der Waals surface area contributed by atoms with Crippen molar-refractivity contribution in [3.63, 3.8) is 0 Å². The van der Waals surface area contributed by atoms with E-state index in [-0.39, 0.29) is 6.61 Å². The molecule has 0 spiro atoms. The van der Waals surface area contributed by atoms with E-state index in [1.807, 2.05) is 28.8 Å². The van der Waals surface area contributed by atoms with Crippen LogP contribution in [0.25, 0.3) is 10.9 Å². The molecule has 0 aliphatic carbocycles. The predicted molar refractivity (Wildman–Crippen MR) is 79.1 cm³/mol. The molecule has 2 N–H and O–H groups in total. The van der Waals surface area contributed by atoms with Gasteiger partial charge in [-0.2, -0.15) is 0 Å². The Kier molecular flexibility index (Phi) is 4.18. The van der Waals surface area contributed by atoms with Crippen LogP contribution in [-0.2, 0) is 22.9 Å². The summed E-state index contributed by atoms with van der Waals surface area (Å²) in [7, 11) is -2.45. The lowest BCUT2D eigenvalue weighted by atomic mass is 10.2. The monoisotopic (exact) mass is 300 g/mol. The zero-order valence-electron chi connectivity index (χ0n) is 10.7. The number of halogens is 1. The molecule has 1 atom stereocenters. The fraction of sp³-hybridized carbons (Fsp3) is 0.385. The quantitative estimate of drug-likeness (QED) is 0.891. The number of aryl methyl sites for hydroxylation is 1. The number of aromatic nitrogens is 1. The first-order valence-electron chi connectivity index (χ1n) is 6.01. The second kappa shape index (κ2) is 5.53. The number of rotatable bonds is 5. The van der Waals surface area contributed by atoms with E-state index >= 15 is 0 Å². The number of hydrogen-bond donors (Lipinski definition) is 2. The van der Waals surface area contributed by atoms with Crippen molar-refractivity contribution >= 4 is 32.2 Å². The van der Waals surface area contributed by atoms with Gasteiger partial charge >= 0.3 is 0 Å². The molecule has 0 bridgehead atoms. The number of aliphatic hydroxyl groups is 1. The van der Waals surface area contributed by atoms with Crippen LogP contribution < -0.4 is 0 Å². The largest absolute Gasteiger partial charge is 0.390 e. The van der Waals surface area contributed by atoms with Crippen molar-refractivity contribution in [2.75, 3.05) is 12.0 Å². The van der Waals surface area contributed by atoms with Crippen molar-refractivity contribution in [1.29, 1.82) is 4.78 Å². The number of benzene rings is 1. The summed E-state index contributed by atoms with van der Waals surface area (Å²) in [5.41, 5.74) is 1.81. The van der Waals surface area contributed by atoms with E-state index in [1.54, 1.807) is 0 Å². The van der Waals surface area contributed by atoms with Gasteiger partial charge in [0, 0.05) is 49.9 Å². The van der Waals surface area contributed by atoms with Gasteiger partial charge in [-0.15, -0.1) is 0 Å². The third-order valence-electron chi connectivity index (χ3n) is 3.03. The van der Waals surface area contributed by atoms with Gasteiger partial charge in [-0.1, -0.05) is 11.6 Å². The SMILES string of the molecule is CS(=N)(=O)CCCn1c(CO)cc2cc(Cl)ccc21. The Balaban J connectivity index is 2.30. The maximum Gasteiger partial charge on any atom is 0.0833 e. The minimum absolute atomic E-state index is 0.0470. The molecule has 2 aromatic rings. The molecular weight excluding hydrogens is 284 g/mol. The molecule has 0 saturated heterocycles. The van der Waals surface area contributed by atoms with Crippen molar-refractivity contribution in [1.82, 2.24) is 4.57 Å². The molecule has 0 amide bonds. The number of nitrogens with one attached hydrogen (secondary N) is 1. The van der Waals surface area contributed by atoms with Crippen LogP contribution in [0.3, 0.4) is 0 Å². The summed E-state index contributed by atoms with van der Waals surface area (Å²) >= 11 is 5.95. The summed E-state index contributed by atoms with van der Waals surface area (Å²) in [4.78, 5) is 0. The molecule has 1 unspecified atom stereocenters. The molecule has 6 heteroatoms. The van der Waals surface area contributed by atoms with E-state index in [2.05, 4.69) is 0 Å². The Labute approximate surface area is 118 Å². The fourth-order valence-electron chi connectivity index (χ4n) is 2.19. The molecule has 0 aliphatic heterocycles. The van der Waals surface area contributed by atoms with Crippen LogP contribution in [0.4, 0.5) is 0 Å². The topological polar surface area (TPSA) is 66.1 Å². The molecule has 2 rings (SSSR count). The number of hydrogen-bond acceptors (Lipinski definition) is 3. The minimum Gasteiger partial charge on any atom is -0.390 e. The maximum atomic E-state index is 11.4. The molecule has 0 aliphatic rings. The van der Waals surface area contributed by atoms with Crippen LogP contribution in [0.1, 0.15) is 12.1 Å². The highest BCUT2D eigenvalue weighted by Crippen LogP contribution is 2.24. The van der Waals surface area contributed by atoms with Crippen LogP contribution in [0.15, 0.2) is 24.3 Å². The average molecular weight is 301 g/mol. The Morgan fingerprint density at radius 3 is 2.79 bits per heavy atom. The Morgan fingerprint density at radius 2 is 2.16 bits per heavy atom. The zero-order valence-corrected chi connectivity index (χ0v) is 12.3. The van der Waals surface area contributed by atoms with Crippen LogP contribution in [0, 0.1) is 4.78 Å². The van der Waals surface area contributed by atoms with Gasteiger partial charge in [-0.25, -0.2) is 0 Å². The number of fused-ring (bicyclic) bond motifs is 1. The molecule has 1 aromatic carbocycles. The Bertz CT molecular complexity index is 692. The van der Waals surface area contributed by atoms with E-state index in [1.165, 1.54) is 6.26 Å². The van der Waals surface area contributed by atoms with E-state index in [4.69, 9.17) is 16.4 Å². The summed E-state index contributed by atoms with van der Waals surface area (Å²) < 4.78 is 20.8. The highest BCUT2D eigenvalue weighted by atomic mass is 35.5. The first-order chi connectivity index (χ1) is 8.90. The fourth-order valence-corrected chi connectivity index (χ4v) is 3.05. The molecule has 1 aromatic heterocycles. The molecule has 104 valence electrons. The first-order valence-corrected chi connectivity index (χ1v) is 8.52. The van der Waals surface area contributed by atoms with Gasteiger partial charge < -0.3 is 9.67 Å². The normalized spacial score (nSPS) is 14.7. The van der Waals surface area contributed by atoms with Crippen molar-refractivity contribution in [2.24, 2.45) is 0 Å². The van der Waals surface area contributed by atoms with Crippen molar-refractivity contribution < 1.29 is 9.32 Å². The van der Waals surface area contributed by atoms with Crippen molar-refractivity contribution in [3.05, 3.63) is 35.0 Å². The molecule has 0 fully saturated rings. The van der Waals surface area contributed by atoms with Crippen molar-refractivity contribution in [2.45, 2.75) is 19.6 Å². The first kappa shape index (κ1) is 14.4. The van der Waals surface area contributed by atoms with Gasteiger partial charge in [-0.3, -0.25) is 8.99 Å². The van der Waals surface area contributed by atoms with Gasteiger partial charge in [0.25, 0.3) is 0 Å². The summed E-state index contributed by atoms with van der Waals surface area (Å²) in [6.07, 6.45) is 2.10. The van der Waals surface area contributed by atoms with E-state index < -0.39 is 9.73 Å². The van der Waals surface area contributed by atoms with E-state index in [0.717, 1.165) is 16.6 Å². The van der Waals surface area contributed by atoms with Gasteiger partial charge in [0.15, 0.2) is 0 Å². The van der Waals surface area contributed by atoms with E-state index in [9.17, 15) is 9.32 Å². The van der Waals surface area contributed by atoms with Gasteiger partial charge in [0.05, 0.1) is 6.61 Å². The third-order valence-corrected chi connectivity index (χ3v) is 4.33. The van der Waals surface area contributed by atoms with Crippen LogP contribution in [0.5, 0.6) is 0 Å². The second-order valence-corrected chi connectivity index (χ2v) is 7.57. The molecule has 0 radical (unpaired) electrons. The molecule has 19 heavy (non-hydrogen) atoms. The average Bonchev–Trinajstić information content (AvgIpc) is 2.65. The maximum absolute atomic E-state index is 11.4. The highest BCUT2D eigenvalue weighted by Gasteiger charge is 2.09. The van der Waals surface area contributed by atoms with E-state index in [0.29, 0.717) is 23.7 Å². The Morgan fingerprint density at radius 1 is 1.42 bits per heavy atom. The van der Waals surface area contributed by atoms with Gasteiger partial charge in [-0.05, 0) is 30.7 Å². The summed E-state index contributed by atoms with van der Waals surface area (Å²) in [6, 6.07) is 7.50. The molecular formula is C13H17ClN2O2S. The molecule has 4 nitrogen and oxygen atoms in total. The van der Waals surface area contributed by atoms with Crippen LogP contribution in [-0.4, -0.2) is 25.9 Å². The van der Waals surface area contributed by atoms with Crippen LogP contribution in [0.2, 0.25) is 5.02 Å². The lowest BCUT2D eigenvalue weighted by Crippen LogP contribution is -2.08. The zero-order chi connectivity index (χ0) is 14.0. The minimum atomic E-state index is -2.45. The number of aliphatic hydroxyl groups excluding tert-OH is 1. The summed E-state index contributed by atoms with van der Waals surface area (Å²) in [5, 5.41) is 11.1. The van der Waals surface area contributed by atoms with Gasteiger partial charge in [0.2, 0.25) is 0 Å². The summed E-state index contributed by atoms with van der Waals surface area (Å²) in [5.74, 6) is 0.366.